The molecular weight excluding hydrogens is 345 g/mol. The summed E-state index contributed by atoms with van der Waals surface area (Å²) in [5.41, 5.74) is 2.82. The van der Waals surface area contributed by atoms with E-state index in [1.54, 1.807) is 12.1 Å². The Kier molecular flexibility index (Phi) is 7.49. The van der Waals surface area contributed by atoms with E-state index in [9.17, 15) is 14.0 Å². The SMILES string of the molecule is CCc1ccc([C@H](NCC(=O)NC(=O)NC(C)C)c2cccc(F)c2)cc1. The van der Waals surface area contributed by atoms with Crippen LogP contribution in [0.25, 0.3) is 0 Å². The molecule has 0 heterocycles. The van der Waals surface area contributed by atoms with E-state index in [1.807, 2.05) is 38.1 Å². The minimum absolute atomic E-state index is 0.0668. The second-order valence-corrected chi connectivity index (χ2v) is 6.64. The molecule has 0 aliphatic carbocycles. The first kappa shape index (κ1) is 20.6. The Morgan fingerprint density at radius 3 is 2.33 bits per heavy atom. The van der Waals surface area contributed by atoms with Gasteiger partial charge in [0.2, 0.25) is 5.91 Å². The molecule has 0 radical (unpaired) electrons. The van der Waals surface area contributed by atoms with E-state index in [2.05, 4.69) is 22.9 Å². The summed E-state index contributed by atoms with van der Waals surface area (Å²) in [5.74, 6) is -0.801. The maximum absolute atomic E-state index is 13.7. The zero-order chi connectivity index (χ0) is 19.8. The zero-order valence-corrected chi connectivity index (χ0v) is 15.9. The zero-order valence-electron chi connectivity index (χ0n) is 15.9. The molecule has 144 valence electrons. The van der Waals surface area contributed by atoms with Crippen LogP contribution in [-0.4, -0.2) is 24.5 Å². The first-order valence-corrected chi connectivity index (χ1v) is 9.07. The largest absolute Gasteiger partial charge is 0.336 e. The molecule has 27 heavy (non-hydrogen) atoms. The fourth-order valence-corrected chi connectivity index (χ4v) is 2.72. The Labute approximate surface area is 159 Å². The molecular formula is C21H26FN3O2. The summed E-state index contributed by atoms with van der Waals surface area (Å²) in [6, 6.07) is 13.2. The van der Waals surface area contributed by atoms with Crippen LogP contribution in [-0.2, 0) is 11.2 Å². The number of carbonyl (C=O) groups excluding carboxylic acids is 2. The Balaban J connectivity index is 2.13. The van der Waals surface area contributed by atoms with Crippen LogP contribution < -0.4 is 16.0 Å². The van der Waals surface area contributed by atoms with Crippen LogP contribution in [0.4, 0.5) is 9.18 Å². The lowest BCUT2D eigenvalue weighted by Crippen LogP contribution is -2.46. The van der Waals surface area contributed by atoms with Gasteiger partial charge in [-0.1, -0.05) is 43.3 Å². The number of amides is 3. The molecule has 2 aromatic rings. The van der Waals surface area contributed by atoms with Crippen molar-refractivity contribution in [3.05, 3.63) is 71.0 Å². The highest BCUT2D eigenvalue weighted by atomic mass is 19.1. The molecule has 0 spiro atoms. The van der Waals surface area contributed by atoms with Crippen LogP contribution in [0.5, 0.6) is 0 Å². The number of urea groups is 1. The topological polar surface area (TPSA) is 70.2 Å². The molecule has 2 rings (SSSR count). The predicted molar refractivity (Wildman–Crippen MR) is 104 cm³/mol. The van der Waals surface area contributed by atoms with Crippen LogP contribution in [0.15, 0.2) is 48.5 Å². The normalized spacial score (nSPS) is 11.9. The standard InChI is InChI=1S/C21H26FN3O2/c1-4-15-8-10-16(11-9-15)20(17-6-5-7-18(22)12-17)23-13-19(26)25-21(27)24-14(2)3/h5-12,14,20,23H,4,13H2,1-3H3,(H2,24,25,26,27)/t20-/m0/s1. The first-order chi connectivity index (χ1) is 12.9. The number of halogens is 1. The van der Waals surface area contributed by atoms with Gasteiger partial charge in [0.25, 0.3) is 0 Å². The number of hydrogen-bond acceptors (Lipinski definition) is 3. The van der Waals surface area contributed by atoms with Crippen molar-refractivity contribution in [2.24, 2.45) is 0 Å². The number of aryl methyl sites for hydroxylation is 1. The van der Waals surface area contributed by atoms with E-state index in [4.69, 9.17) is 0 Å². The van der Waals surface area contributed by atoms with Gasteiger partial charge in [-0.2, -0.15) is 0 Å². The molecule has 2 aromatic carbocycles. The van der Waals surface area contributed by atoms with Gasteiger partial charge in [-0.05, 0) is 49.1 Å². The highest BCUT2D eigenvalue weighted by molar-refractivity contribution is 5.95. The third kappa shape index (κ3) is 6.49. The van der Waals surface area contributed by atoms with E-state index in [1.165, 1.54) is 17.7 Å². The van der Waals surface area contributed by atoms with Crippen LogP contribution in [0.3, 0.4) is 0 Å². The molecule has 6 heteroatoms. The molecule has 3 N–H and O–H groups in total. The number of rotatable bonds is 7. The molecule has 0 saturated heterocycles. The molecule has 5 nitrogen and oxygen atoms in total. The lowest BCUT2D eigenvalue weighted by molar-refractivity contribution is -0.119. The highest BCUT2D eigenvalue weighted by Gasteiger charge is 2.17. The second-order valence-electron chi connectivity index (χ2n) is 6.64. The highest BCUT2D eigenvalue weighted by Crippen LogP contribution is 2.23. The maximum atomic E-state index is 13.7. The first-order valence-electron chi connectivity index (χ1n) is 9.07. The van der Waals surface area contributed by atoms with Gasteiger partial charge in [0.05, 0.1) is 12.6 Å². The van der Waals surface area contributed by atoms with Gasteiger partial charge in [-0.15, -0.1) is 0 Å². The summed E-state index contributed by atoms with van der Waals surface area (Å²) < 4.78 is 13.7. The number of benzene rings is 2. The van der Waals surface area contributed by atoms with Crippen LogP contribution in [0, 0.1) is 5.82 Å². The van der Waals surface area contributed by atoms with Crippen molar-refractivity contribution >= 4 is 11.9 Å². The second kappa shape index (κ2) is 9.83. The average molecular weight is 371 g/mol. The lowest BCUT2D eigenvalue weighted by atomic mass is 9.97. The minimum Gasteiger partial charge on any atom is -0.336 e. The molecule has 0 aliphatic heterocycles. The third-order valence-corrected chi connectivity index (χ3v) is 4.04. The molecule has 0 aliphatic rings. The third-order valence-electron chi connectivity index (χ3n) is 4.04. The van der Waals surface area contributed by atoms with E-state index in [0.717, 1.165) is 12.0 Å². The van der Waals surface area contributed by atoms with Gasteiger partial charge < -0.3 is 5.32 Å². The van der Waals surface area contributed by atoms with Crippen molar-refractivity contribution in [2.75, 3.05) is 6.54 Å². The van der Waals surface area contributed by atoms with Crippen LogP contribution in [0.1, 0.15) is 43.5 Å². The summed E-state index contributed by atoms with van der Waals surface area (Å²) in [7, 11) is 0. The van der Waals surface area contributed by atoms with Crippen molar-refractivity contribution in [3.63, 3.8) is 0 Å². The summed E-state index contributed by atoms with van der Waals surface area (Å²) in [6.45, 7) is 5.61. The molecule has 3 amide bonds. The van der Waals surface area contributed by atoms with E-state index < -0.39 is 11.9 Å². The van der Waals surface area contributed by atoms with Crippen molar-refractivity contribution in [1.29, 1.82) is 0 Å². The van der Waals surface area contributed by atoms with Crippen molar-refractivity contribution in [2.45, 2.75) is 39.3 Å². The number of nitrogens with one attached hydrogen (secondary N) is 3. The van der Waals surface area contributed by atoms with E-state index in [-0.39, 0.29) is 24.4 Å². The quantitative estimate of drug-likeness (QED) is 0.699. The Morgan fingerprint density at radius 2 is 1.74 bits per heavy atom. The smallest absolute Gasteiger partial charge is 0.321 e. The number of imide groups is 1. The number of hydrogen-bond donors (Lipinski definition) is 3. The lowest BCUT2D eigenvalue weighted by Gasteiger charge is -2.20. The summed E-state index contributed by atoms with van der Waals surface area (Å²) in [4.78, 5) is 23.7. The Hall–Kier alpha value is -2.73. The van der Waals surface area contributed by atoms with Crippen molar-refractivity contribution in [3.8, 4) is 0 Å². The molecule has 0 unspecified atom stereocenters. The Morgan fingerprint density at radius 1 is 1.04 bits per heavy atom. The predicted octanol–water partition coefficient (Wildman–Crippen LogP) is 3.30. The summed E-state index contributed by atoms with van der Waals surface area (Å²) in [5, 5.41) is 7.99. The van der Waals surface area contributed by atoms with Crippen LogP contribution >= 0.6 is 0 Å². The maximum Gasteiger partial charge on any atom is 0.321 e. The molecule has 0 aromatic heterocycles. The van der Waals surface area contributed by atoms with Crippen LogP contribution in [0.2, 0.25) is 0 Å². The van der Waals surface area contributed by atoms with Gasteiger partial charge in [-0.3, -0.25) is 15.4 Å². The summed E-state index contributed by atoms with van der Waals surface area (Å²) in [6.07, 6.45) is 0.922. The van der Waals surface area contributed by atoms with E-state index in [0.29, 0.717) is 5.56 Å². The Bertz CT molecular complexity index is 775. The van der Waals surface area contributed by atoms with Gasteiger partial charge >= 0.3 is 6.03 Å². The molecule has 0 bridgehead atoms. The van der Waals surface area contributed by atoms with Crippen molar-refractivity contribution < 1.29 is 14.0 Å². The van der Waals surface area contributed by atoms with Gasteiger partial charge in [0.1, 0.15) is 5.82 Å². The van der Waals surface area contributed by atoms with Gasteiger partial charge in [-0.25, -0.2) is 9.18 Å². The number of carbonyl (C=O) groups is 2. The van der Waals surface area contributed by atoms with Gasteiger partial charge in [0, 0.05) is 6.04 Å². The summed E-state index contributed by atoms with van der Waals surface area (Å²) >= 11 is 0. The fourth-order valence-electron chi connectivity index (χ4n) is 2.72. The molecule has 1 atom stereocenters. The monoisotopic (exact) mass is 371 g/mol. The van der Waals surface area contributed by atoms with E-state index >= 15 is 0 Å². The minimum atomic E-state index is -0.536. The van der Waals surface area contributed by atoms with Crippen molar-refractivity contribution in [1.82, 2.24) is 16.0 Å². The average Bonchev–Trinajstić information content (AvgIpc) is 2.61. The fraction of sp³-hybridized carbons (Fsp3) is 0.333. The van der Waals surface area contributed by atoms with Gasteiger partial charge in [0.15, 0.2) is 0 Å². The molecule has 0 fully saturated rings. The molecule has 0 saturated carbocycles.